The Labute approximate surface area is 131 Å². The highest BCUT2D eigenvalue weighted by Crippen LogP contribution is 2.35. The Morgan fingerprint density at radius 1 is 1.05 bits per heavy atom. The highest BCUT2D eigenvalue weighted by atomic mass is 32.2. The molecule has 22 heavy (non-hydrogen) atoms. The molecule has 0 saturated carbocycles. The molecule has 2 aromatic carbocycles. The van der Waals surface area contributed by atoms with Gasteiger partial charge in [0.05, 0.1) is 5.25 Å². The lowest BCUT2D eigenvalue weighted by Crippen LogP contribution is -2.24. The summed E-state index contributed by atoms with van der Waals surface area (Å²) in [6.45, 7) is 0. The van der Waals surface area contributed by atoms with Gasteiger partial charge in [-0.15, -0.1) is 16.9 Å². The molecule has 7 heteroatoms. The zero-order valence-corrected chi connectivity index (χ0v) is 12.3. The van der Waals surface area contributed by atoms with Crippen molar-refractivity contribution in [2.24, 2.45) is 4.99 Å². The third-order valence-electron chi connectivity index (χ3n) is 2.87. The minimum absolute atomic E-state index is 0.0413. The average molecular weight is 310 g/mol. The Balaban J connectivity index is 1.92. The molecule has 1 aromatic heterocycles. The molecule has 0 aliphatic carbocycles. The summed E-state index contributed by atoms with van der Waals surface area (Å²) in [5, 5.41) is 25.1. The summed E-state index contributed by atoms with van der Waals surface area (Å²) in [5.74, 6) is -0.277. The van der Waals surface area contributed by atoms with Crippen LogP contribution < -0.4 is 5.11 Å². The lowest BCUT2D eigenvalue weighted by molar-refractivity contribution is -0.218. The van der Waals surface area contributed by atoms with Gasteiger partial charge in [-0.3, -0.25) is 0 Å². The van der Waals surface area contributed by atoms with E-state index in [2.05, 4.69) is 25.6 Å². The van der Waals surface area contributed by atoms with Crippen LogP contribution in [-0.2, 0) is 0 Å². The topological polar surface area (TPSA) is 89.9 Å². The molecule has 1 atom stereocenters. The first kappa shape index (κ1) is 14.3. The first-order valence-electron chi connectivity index (χ1n) is 6.58. The molecule has 110 valence electrons. The monoisotopic (exact) mass is 310 g/mol. The van der Waals surface area contributed by atoms with Crippen molar-refractivity contribution in [3.63, 3.8) is 0 Å². The molecule has 0 aliphatic heterocycles. The Bertz CT molecular complexity index is 731. The Kier molecular flexibility index (Phi) is 4.45. The van der Waals surface area contributed by atoms with Crippen LogP contribution in [0.25, 0.3) is 0 Å². The highest BCUT2D eigenvalue weighted by Gasteiger charge is 2.14. The van der Waals surface area contributed by atoms with Gasteiger partial charge in [0.15, 0.2) is 0 Å². The number of benzene rings is 2. The van der Waals surface area contributed by atoms with Gasteiger partial charge in [-0.1, -0.05) is 53.6 Å². The number of nitrogens with one attached hydrogen (secondary N) is 1. The third-order valence-corrected chi connectivity index (χ3v) is 4.12. The fourth-order valence-corrected chi connectivity index (χ4v) is 2.92. The minimum atomic E-state index is -0.456. The normalized spacial score (nSPS) is 13.0. The SMILES string of the molecule is [O-]C(=Nc1nn[nH]n1)C(Sc1ccccc1)c1ccccc1. The zero-order valence-electron chi connectivity index (χ0n) is 11.5. The van der Waals surface area contributed by atoms with Crippen molar-refractivity contribution in [1.29, 1.82) is 0 Å². The van der Waals surface area contributed by atoms with Crippen molar-refractivity contribution in [3.8, 4) is 0 Å². The lowest BCUT2D eigenvalue weighted by atomic mass is 10.1. The quantitative estimate of drug-likeness (QED) is 0.443. The van der Waals surface area contributed by atoms with Gasteiger partial charge in [-0.05, 0) is 28.8 Å². The van der Waals surface area contributed by atoms with E-state index in [-0.39, 0.29) is 11.8 Å². The molecule has 6 nitrogen and oxygen atoms in total. The Hall–Kier alpha value is -2.67. The van der Waals surface area contributed by atoms with E-state index in [0.717, 1.165) is 10.5 Å². The zero-order chi connectivity index (χ0) is 15.2. The van der Waals surface area contributed by atoms with Crippen LogP contribution in [0.15, 0.2) is 70.6 Å². The molecule has 0 bridgehead atoms. The van der Waals surface area contributed by atoms with E-state index in [4.69, 9.17) is 0 Å². The summed E-state index contributed by atoms with van der Waals surface area (Å²) >= 11 is 1.44. The third kappa shape index (κ3) is 3.50. The first-order valence-corrected chi connectivity index (χ1v) is 7.46. The van der Waals surface area contributed by atoms with Gasteiger partial charge in [0.25, 0.3) is 5.95 Å². The molecule has 0 radical (unpaired) electrons. The van der Waals surface area contributed by atoms with Gasteiger partial charge in [-0.25, -0.2) is 4.99 Å². The number of thioether (sulfide) groups is 1. The van der Waals surface area contributed by atoms with Crippen molar-refractivity contribution >= 4 is 23.6 Å². The van der Waals surface area contributed by atoms with Crippen molar-refractivity contribution in [2.75, 3.05) is 0 Å². The van der Waals surface area contributed by atoms with E-state index in [1.807, 2.05) is 60.7 Å². The number of nitrogens with zero attached hydrogens (tertiary/aromatic N) is 4. The maximum absolute atomic E-state index is 12.5. The van der Waals surface area contributed by atoms with Gasteiger partial charge in [0.1, 0.15) is 0 Å². The second kappa shape index (κ2) is 6.86. The van der Waals surface area contributed by atoms with Gasteiger partial charge in [0, 0.05) is 4.90 Å². The van der Waals surface area contributed by atoms with Crippen LogP contribution in [0.1, 0.15) is 10.8 Å². The van der Waals surface area contributed by atoms with E-state index in [9.17, 15) is 5.11 Å². The number of rotatable bonds is 5. The predicted molar refractivity (Wildman–Crippen MR) is 82.8 cm³/mol. The second-order valence-electron chi connectivity index (χ2n) is 4.38. The Morgan fingerprint density at radius 2 is 1.73 bits per heavy atom. The maximum Gasteiger partial charge on any atom is 0.288 e. The largest absolute Gasteiger partial charge is 0.861 e. The first-order chi connectivity index (χ1) is 10.8. The number of hydrogen-bond acceptors (Lipinski definition) is 6. The molecular weight excluding hydrogens is 298 g/mol. The molecule has 0 fully saturated rings. The predicted octanol–water partition coefficient (Wildman–Crippen LogP) is 2.12. The number of aromatic nitrogens is 4. The van der Waals surface area contributed by atoms with Crippen LogP contribution in [0.4, 0.5) is 5.95 Å². The van der Waals surface area contributed by atoms with Crippen molar-refractivity contribution in [3.05, 3.63) is 66.2 Å². The smallest absolute Gasteiger partial charge is 0.288 e. The van der Waals surface area contributed by atoms with Crippen LogP contribution in [-0.4, -0.2) is 26.5 Å². The van der Waals surface area contributed by atoms with Gasteiger partial charge >= 0.3 is 0 Å². The second-order valence-corrected chi connectivity index (χ2v) is 5.56. The Morgan fingerprint density at radius 3 is 2.36 bits per heavy atom. The van der Waals surface area contributed by atoms with Gasteiger partial charge in [-0.2, -0.15) is 5.21 Å². The standard InChI is InChI=1S/C15H13N5OS/c21-14(16-15-17-19-20-18-15)13(11-7-3-1-4-8-11)22-12-9-5-2-6-10-12/h1-10,13H,(H2,16,17,18,19,20,21)/p-1. The summed E-state index contributed by atoms with van der Waals surface area (Å²) in [6, 6.07) is 19.3. The van der Waals surface area contributed by atoms with Crippen molar-refractivity contribution in [2.45, 2.75) is 10.1 Å². The average Bonchev–Trinajstić information content (AvgIpc) is 3.07. The van der Waals surface area contributed by atoms with Crippen molar-refractivity contribution < 1.29 is 5.11 Å². The fourth-order valence-electron chi connectivity index (χ4n) is 1.89. The van der Waals surface area contributed by atoms with Crippen LogP contribution in [0.5, 0.6) is 0 Å². The van der Waals surface area contributed by atoms with E-state index < -0.39 is 5.25 Å². The molecule has 3 rings (SSSR count). The summed E-state index contributed by atoms with van der Waals surface area (Å²) in [7, 11) is 0. The number of aromatic amines is 1. The van der Waals surface area contributed by atoms with Crippen LogP contribution >= 0.6 is 11.8 Å². The molecule has 1 N–H and O–H groups in total. The number of hydrogen-bond donors (Lipinski definition) is 1. The van der Waals surface area contributed by atoms with Crippen LogP contribution in [0.3, 0.4) is 0 Å². The van der Waals surface area contributed by atoms with Crippen LogP contribution in [0.2, 0.25) is 0 Å². The molecule has 0 aliphatic rings. The highest BCUT2D eigenvalue weighted by molar-refractivity contribution is 8.00. The fraction of sp³-hybridized carbons (Fsp3) is 0.0667. The molecule has 0 spiro atoms. The minimum Gasteiger partial charge on any atom is -0.861 e. The van der Waals surface area contributed by atoms with E-state index in [1.165, 1.54) is 11.8 Å². The van der Waals surface area contributed by atoms with E-state index >= 15 is 0 Å². The molecule has 1 heterocycles. The molecule has 3 aromatic rings. The van der Waals surface area contributed by atoms with E-state index in [0.29, 0.717) is 0 Å². The molecule has 1 unspecified atom stereocenters. The summed E-state index contributed by atoms with van der Waals surface area (Å²) in [6.07, 6.45) is 0. The maximum atomic E-state index is 12.5. The summed E-state index contributed by atoms with van der Waals surface area (Å²) < 4.78 is 0. The number of aliphatic imine (C=N–C) groups is 1. The van der Waals surface area contributed by atoms with Gasteiger partial charge in [0.2, 0.25) is 0 Å². The van der Waals surface area contributed by atoms with Crippen LogP contribution in [0, 0.1) is 0 Å². The molecule has 0 saturated heterocycles. The number of H-pyrrole nitrogens is 1. The molecular formula is C15H12N5OS-. The number of tetrazole rings is 1. The summed E-state index contributed by atoms with van der Waals surface area (Å²) in [4.78, 5) is 4.91. The summed E-state index contributed by atoms with van der Waals surface area (Å²) in [5.41, 5.74) is 0.883. The molecule has 0 amide bonds. The van der Waals surface area contributed by atoms with E-state index in [1.54, 1.807) is 0 Å². The lowest BCUT2D eigenvalue weighted by Gasteiger charge is -2.22. The van der Waals surface area contributed by atoms with Gasteiger partial charge < -0.3 is 5.11 Å². The van der Waals surface area contributed by atoms with Crippen molar-refractivity contribution in [1.82, 2.24) is 20.6 Å².